The van der Waals surface area contributed by atoms with Crippen LogP contribution >= 0.6 is 0 Å². The van der Waals surface area contributed by atoms with E-state index in [2.05, 4.69) is 47.0 Å². The van der Waals surface area contributed by atoms with Crippen molar-refractivity contribution in [2.45, 2.75) is 53.4 Å². The Balaban J connectivity index is 1.92. The van der Waals surface area contributed by atoms with E-state index in [0.29, 0.717) is 23.7 Å². The number of aromatic nitrogens is 2. The van der Waals surface area contributed by atoms with Crippen molar-refractivity contribution >= 4 is 35.3 Å². The van der Waals surface area contributed by atoms with Crippen LogP contribution in [0.3, 0.4) is 0 Å². The maximum Gasteiger partial charge on any atom is 0.327 e. The number of carbonyl (C=O) groups excluding carboxylic acids is 1. The summed E-state index contributed by atoms with van der Waals surface area (Å²) in [5.74, 6) is 1.86. The first-order valence-electron chi connectivity index (χ1n) is 12.4. The summed E-state index contributed by atoms with van der Waals surface area (Å²) in [5.41, 5.74) is 10.3. The number of nitrogens with one attached hydrogen (secondary N) is 1. The van der Waals surface area contributed by atoms with E-state index in [-0.39, 0.29) is 17.7 Å². The molecule has 0 saturated carbocycles. The van der Waals surface area contributed by atoms with Gasteiger partial charge in [0.15, 0.2) is 0 Å². The number of aliphatic imine (C=N–C) groups is 1. The summed E-state index contributed by atoms with van der Waals surface area (Å²) >= 11 is 0. The molecule has 35 heavy (non-hydrogen) atoms. The number of methoxy groups -OCH3 is 1. The number of anilines is 4. The first kappa shape index (κ1) is 26.2. The van der Waals surface area contributed by atoms with Crippen LogP contribution in [0.15, 0.2) is 17.1 Å². The molecule has 190 valence electrons. The fourth-order valence-electron chi connectivity index (χ4n) is 4.67. The van der Waals surface area contributed by atoms with Crippen LogP contribution in [0.1, 0.15) is 56.9 Å². The number of rotatable bonds is 10. The van der Waals surface area contributed by atoms with Crippen LogP contribution in [0.4, 0.5) is 27.8 Å². The minimum atomic E-state index is -0.279. The number of nitrogens with zero attached hydrogens (tertiary/aromatic N) is 5. The summed E-state index contributed by atoms with van der Waals surface area (Å²) in [7, 11) is 3.15. The van der Waals surface area contributed by atoms with Crippen LogP contribution in [0.2, 0.25) is 0 Å². The van der Waals surface area contributed by atoms with Crippen molar-refractivity contribution in [2.24, 2.45) is 10.9 Å². The van der Waals surface area contributed by atoms with Crippen molar-refractivity contribution in [2.75, 3.05) is 54.6 Å². The molecule has 0 spiro atoms. The van der Waals surface area contributed by atoms with Gasteiger partial charge in [-0.3, -0.25) is 9.89 Å². The summed E-state index contributed by atoms with van der Waals surface area (Å²) in [4.78, 5) is 30.6. The van der Waals surface area contributed by atoms with Gasteiger partial charge in [0.2, 0.25) is 5.88 Å². The molecular weight excluding hydrogens is 442 g/mol. The molecule has 9 heteroatoms. The SMILES string of the molecule is CCCC(C)CN(CCC)c1cc(C)nc2c1CCN2C(=O)Nc1cc(C=NC)c(N)nc1OC. The lowest BCUT2D eigenvalue weighted by Crippen LogP contribution is -2.34. The predicted molar refractivity (Wildman–Crippen MR) is 144 cm³/mol. The fourth-order valence-corrected chi connectivity index (χ4v) is 4.67. The van der Waals surface area contributed by atoms with Gasteiger partial charge in [-0.25, -0.2) is 9.78 Å². The van der Waals surface area contributed by atoms with Gasteiger partial charge in [0.1, 0.15) is 17.3 Å². The minimum absolute atomic E-state index is 0.250. The third kappa shape index (κ3) is 6.01. The monoisotopic (exact) mass is 481 g/mol. The molecular formula is C26H39N7O2. The van der Waals surface area contributed by atoms with Crippen molar-refractivity contribution in [3.63, 3.8) is 0 Å². The van der Waals surface area contributed by atoms with Gasteiger partial charge >= 0.3 is 6.03 Å². The zero-order valence-electron chi connectivity index (χ0n) is 21.9. The van der Waals surface area contributed by atoms with E-state index in [9.17, 15) is 4.79 Å². The maximum absolute atomic E-state index is 13.4. The molecule has 2 amide bonds. The number of ether oxygens (including phenoxy) is 1. The Bertz CT molecular complexity index is 1070. The number of fused-ring (bicyclic) bond motifs is 1. The number of hydrogen-bond donors (Lipinski definition) is 2. The maximum atomic E-state index is 13.4. The largest absolute Gasteiger partial charge is 0.479 e. The van der Waals surface area contributed by atoms with Gasteiger partial charge in [-0.1, -0.05) is 27.2 Å². The van der Waals surface area contributed by atoms with E-state index in [0.717, 1.165) is 43.0 Å². The Kier molecular flexibility index (Phi) is 8.89. The number of aryl methyl sites for hydroxylation is 1. The van der Waals surface area contributed by atoms with Crippen molar-refractivity contribution < 1.29 is 9.53 Å². The molecule has 0 fully saturated rings. The Morgan fingerprint density at radius 2 is 2.11 bits per heavy atom. The van der Waals surface area contributed by atoms with E-state index in [1.165, 1.54) is 25.6 Å². The number of carbonyl (C=O) groups is 1. The second-order valence-electron chi connectivity index (χ2n) is 9.16. The number of nitrogen functional groups attached to an aromatic ring is 1. The van der Waals surface area contributed by atoms with Crippen LogP contribution in [0.5, 0.6) is 5.88 Å². The number of hydrogen-bond acceptors (Lipinski definition) is 7. The molecule has 0 bridgehead atoms. The molecule has 9 nitrogen and oxygen atoms in total. The molecule has 0 aliphatic carbocycles. The first-order chi connectivity index (χ1) is 16.8. The zero-order chi connectivity index (χ0) is 25.5. The van der Waals surface area contributed by atoms with Crippen LogP contribution in [0, 0.1) is 12.8 Å². The smallest absolute Gasteiger partial charge is 0.327 e. The lowest BCUT2D eigenvalue weighted by molar-refractivity contribution is 0.257. The molecule has 0 aromatic carbocycles. The molecule has 1 atom stereocenters. The van der Waals surface area contributed by atoms with Gasteiger partial charge in [0.25, 0.3) is 0 Å². The lowest BCUT2D eigenvalue weighted by Gasteiger charge is -2.30. The van der Waals surface area contributed by atoms with Gasteiger partial charge in [0.05, 0.1) is 7.11 Å². The normalized spacial score (nSPS) is 13.7. The Morgan fingerprint density at radius 1 is 1.34 bits per heavy atom. The van der Waals surface area contributed by atoms with Gasteiger partial charge in [-0.2, -0.15) is 4.98 Å². The van der Waals surface area contributed by atoms with Gasteiger partial charge < -0.3 is 20.7 Å². The number of pyridine rings is 2. The zero-order valence-corrected chi connectivity index (χ0v) is 21.9. The summed E-state index contributed by atoms with van der Waals surface area (Å²) in [6.07, 6.45) is 5.80. The molecule has 3 heterocycles. The third-order valence-corrected chi connectivity index (χ3v) is 6.19. The Morgan fingerprint density at radius 3 is 2.77 bits per heavy atom. The molecule has 2 aromatic rings. The second kappa shape index (κ2) is 11.9. The molecule has 3 N–H and O–H groups in total. The molecule has 3 rings (SSSR count). The molecule has 2 aromatic heterocycles. The summed E-state index contributed by atoms with van der Waals surface area (Å²) in [6.45, 7) is 11.3. The van der Waals surface area contributed by atoms with E-state index < -0.39 is 0 Å². The molecule has 1 unspecified atom stereocenters. The minimum Gasteiger partial charge on any atom is -0.479 e. The summed E-state index contributed by atoms with van der Waals surface area (Å²) in [5, 5.41) is 2.94. The molecule has 0 saturated heterocycles. The van der Waals surface area contributed by atoms with Crippen LogP contribution < -0.4 is 25.6 Å². The second-order valence-corrected chi connectivity index (χ2v) is 9.16. The van der Waals surface area contributed by atoms with Crippen molar-refractivity contribution in [1.82, 2.24) is 9.97 Å². The van der Waals surface area contributed by atoms with Crippen molar-refractivity contribution in [3.05, 3.63) is 29.0 Å². The van der Waals surface area contributed by atoms with Gasteiger partial charge in [-0.15, -0.1) is 0 Å². The number of amides is 2. The fraction of sp³-hybridized carbons (Fsp3) is 0.538. The standard InChI is InChI=1S/C26H39N7O2/c1-7-9-17(3)16-32(11-8-2)22-13-18(4)29-24-20(22)10-12-33(24)26(34)30-21-14-19(15-28-5)23(27)31-25(21)35-6/h13-15,17H,7-12,16H2,1-6H3,(H2,27,31)(H,30,34). The van der Waals surface area contributed by atoms with Crippen LogP contribution in [-0.2, 0) is 6.42 Å². The topological polar surface area (TPSA) is 109 Å². The van der Waals surface area contributed by atoms with E-state index in [1.54, 1.807) is 24.2 Å². The summed E-state index contributed by atoms with van der Waals surface area (Å²) in [6, 6.07) is 3.60. The highest BCUT2D eigenvalue weighted by Crippen LogP contribution is 2.36. The van der Waals surface area contributed by atoms with Crippen molar-refractivity contribution in [1.29, 1.82) is 0 Å². The van der Waals surface area contributed by atoms with E-state index in [1.807, 2.05) is 6.92 Å². The highest BCUT2D eigenvalue weighted by molar-refractivity contribution is 6.04. The highest BCUT2D eigenvalue weighted by atomic mass is 16.5. The molecule has 1 aliphatic rings. The first-order valence-corrected chi connectivity index (χ1v) is 12.4. The average Bonchev–Trinajstić information content (AvgIpc) is 3.24. The third-order valence-electron chi connectivity index (χ3n) is 6.19. The van der Waals surface area contributed by atoms with Gasteiger partial charge in [0, 0.05) is 55.4 Å². The van der Waals surface area contributed by atoms with Gasteiger partial charge in [-0.05, 0) is 44.2 Å². The molecule has 1 aliphatic heterocycles. The summed E-state index contributed by atoms with van der Waals surface area (Å²) < 4.78 is 5.35. The highest BCUT2D eigenvalue weighted by Gasteiger charge is 2.31. The quantitative estimate of drug-likeness (QED) is 0.477. The molecule has 0 radical (unpaired) electrons. The number of urea groups is 1. The lowest BCUT2D eigenvalue weighted by atomic mass is 10.0. The predicted octanol–water partition coefficient (Wildman–Crippen LogP) is 4.67. The Hall–Kier alpha value is -3.36. The Labute approximate surface area is 208 Å². The average molecular weight is 482 g/mol. The van der Waals surface area contributed by atoms with Crippen molar-refractivity contribution in [3.8, 4) is 5.88 Å². The van der Waals surface area contributed by atoms with Crippen LogP contribution in [-0.4, -0.2) is 56.0 Å². The number of nitrogens with two attached hydrogens (primary N) is 1. The van der Waals surface area contributed by atoms with Crippen LogP contribution in [0.25, 0.3) is 0 Å². The van der Waals surface area contributed by atoms with E-state index >= 15 is 0 Å². The van der Waals surface area contributed by atoms with E-state index in [4.69, 9.17) is 15.5 Å².